The minimum atomic E-state index is -0.918. The predicted molar refractivity (Wildman–Crippen MR) is 94.4 cm³/mol. The standard InChI is InChI=1S/C17H18N2O5S/c1-23-12-4-6-13(7-5-12)24-11-16(20)19-18-14(8-9-17(21)22)15-3-2-10-25-15/h2-7,10H,8-9,11H2,1H3,(H,19,20)(H,21,22). The van der Waals surface area contributed by atoms with E-state index in [4.69, 9.17) is 14.6 Å². The van der Waals surface area contributed by atoms with E-state index in [1.807, 2.05) is 17.5 Å². The molecule has 1 amide bonds. The number of amides is 1. The highest BCUT2D eigenvalue weighted by atomic mass is 32.1. The Morgan fingerprint density at radius 1 is 1.16 bits per heavy atom. The molecule has 2 N–H and O–H groups in total. The number of methoxy groups -OCH3 is 1. The van der Waals surface area contributed by atoms with Crippen LogP contribution in [-0.4, -0.2) is 36.4 Å². The van der Waals surface area contributed by atoms with Gasteiger partial charge in [0, 0.05) is 6.42 Å². The van der Waals surface area contributed by atoms with E-state index in [-0.39, 0.29) is 19.4 Å². The van der Waals surface area contributed by atoms with E-state index in [0.29, 0.717) is 17.2 Å². The topological polar surface area (TPSA) is 97.2 Å². The fraction of sp³-hybridized carbons (Fsp3) is 0.235. The summed E-state index contributed by atoms with van der Waals surface area (Å²) in [7, 11) is 1.57. The zero-order valence-electron chi connectivity index (χ0n) is 13.6. The maximum absolute atomic E-state index is 11.9. The molecule has 0 spiro atoms. The molecule has 2 aromatic rings. The van der Waals surface area contributed by atoms with Crippen LogP contribution in [0.2, 0.25) is 0 Å². The second-order valence-corrected chi connectivity index (χ2v) is 5.88. The van der Waals surface area contributed by atoms with Crippen LogP contribution in [0.5, 0.6) is 11.5 Å². The first-order valence-electron chi connectivity index (χ1n) is 7.46. The van der Waals surface area contributed by atoms with Crippen molar-refractivity contribution in [3.63, 3.8) is 0 Å². The fourth-order valence-electron chi connectivity index (χ4n) is 1.89. The highest BCUT2D eigenvalue weighted by Crippen LogP contribution is 2.17. The highest BCUT2D eigenvalue weighted by molar-refractivity contribution is 7.12. The number of benzene rings is 1. The van der Waals surface area contributed by atoms with E-state index >= 15 is 0 Å². The molecule has 0 aliphatic heterocycles. The van der Waals surface area contributed by atoms with Gasteiger partial charge in [-0.2, -0.15) is 5.10 Å². The number of carbonyl (C=O) groups is 2. The lowest BCUT2D eigenvalue weighted by atomic mass is 10.2. The molecule has 0 unspecified atom stereocenters. The second kappa shape index (κ2) is 9.43. The number of hydrazone groups is 1. The molecule has 7 nitrogen and oxygen atoms in total. The Bertz CT molecular complexity index is 726. The zero-order valence-corrected chi connectivity index (χ0v) is 14.4. The van der Waals surface area contributed by atoms with Gasteiger partial charge in [-0.1, -0.05) is 6.07 Å². The maximum atomic E-state index is 11.9. The summed E-state index contributed by atoms with van der Waals surface area (Å²) in [5.74, 6) is -0.122. The molecule has 0 fully saturated rings. The average molecular weight is 362 g/mol. The number of hydrogen-bond donors (Lipinski definition) is 2. The van der Waals surface area contributed by atoms with Crippen molar-refractivity contribution < 1.29 is 24.2 Å². The Labute approximate surface area is 148 Å². The maximum Gasteiger partial charge on any atom is 0.303 e. The third kappa shape index (κ3) is 6.27. The molecule has 0 atom stereocenters. The summed E-state index contributed by atoms with van der Waals surface area (Å²) in [6, 6.07) is 10.5. The Kier molecular flexibility index (Phi) is 6.97. The number of aliphatic carboxylic acids is 1. The number of nitrogens with zero attached hydrogens (tertiary/aromatic N) is 1. The monoisotopic (exact) mass is 362 g/mol. The fourth-order valence-corrected chi connectivity index (χ4v) is 2.63. The number of thiophene rings is 1. The quantitative estimate of drug-likeness (QED) is 0.528. The SMILES string of the molecule is COc1ccc(OCC(=O)NN=C(CCC(=O)O)c2cccs2)cc1. The molecular formula is C17H18N2O5S. The number of carboxylic acid groups (broad SMARTS) is 1. The lowest BCUT2D eigenvalue weighted by molar-refractivity contribution is -0.136. The first-order chi connectivity index (χ1) is 12.1. The summed E-state index contributed by atoms with van der Waals surface area (Å²) in [5.41, 5.74) is 2.92. The normalized spacial score (nSPS) is 11.0. The van der Waals surface area contributed by atoms with Gasteiger partial charge in [0.15, 0.2) is 6.61 Å². The van der Waals surface area contributed by atoms with Crippen LogP contribution >= 0.6 is 11.3 Å². The molecule has 2 rings (SSSR count). The highest BCUT2D eigenvalue weighted by Gasteiger charge is 2.09. The first kappa shape index (κ1) is 18.5. The molecule has 0 aliphatic carbocycles. The van der Waals surface area contributed by atoms with Gasteiger partial charge < -0.3 is 14.6 Å². The number of carbonyl (C=O) groups excluding carboxylic acids is 1. The smallest absolute Gasteiger partial charge is 0.303 e. The molecular weight excluding hydrogens is 344 g/mol. The lowest BCUT2D eigenvalue weighted by Crippen LogP contribution is -2.26. The number of hydrogen-bond acceptors (Lipinski definition) is 6. The average Bonchev–Trinajstić information content (AvgIpc) is 3.14. The van der Waals surface area contributed by atoms with Crippen LogP contribution in [0.25, 0.3) is 0 Å². The zero-order chi connectivity index (χ0) is 18.1. The lowest BCUT2D eigenvalue weighted by Gasteiger charge is -2.07. The van der Waals surface area contributed by atoms with Crippen molar-refractivity contribution in [2.75, 3.05) is 13.7 Å². The Morgan fingerprint density at radius 2 is 1.88 bits per heavy atom. The minimum Gasteiger partial charge on any atom is -0.497 e. The van der Waals surface area contributed by atoms with E-state index in [0.717, 1.165) is 4.88 Å². The summed E-state index contributed by atoms with van der Waals surface area (Å²) in [6.07, 6.45) is 0.171. The number of ether oxygens (including phenoxy) is 2. The Hall–Kier alpha value is -2.87. The van der Waals surface area contributed by atoms with Crippen LogP contribution in [0, 0.1) is 0 Å². The minimum absolute atomic E-state index is 0.0606. The molecule has 8 heteroatoms. The van der Waals surface area contributed by atoms with E-state index in [9.17, 15) is 9.59 Å². The van der Waals surface area contributed by atoms with Crippen molar-refractivity contribution in [3.05, 3.63) is 46.7 Å². The molecule has 0 saturated heterocycles. The van der Waals surface area contributed by atoms with Crippen molar-refractivity contribution in [2.45, 2.75) is 12.8 Å². The van der Waals surface area contributed by atoms with Crippen molar-refractivity contribution >= 4 is 28.9 Å². The summed E-state index contributed by atoms with van der Waals surface area (Å²) in [6.45, 7) is -0.202. The molecule has 1 aromatic carbocycles. The van der Waals surface area contributed by atoms with Crippen molar-refractivity contribution in [2.24, 2.45) is 5.10 Å². The predicted octanol–water partition coefficient (Wildman–Crippen LogP) is 2.52. The van der Waals surface area contributed by atoms with Gasteiger partial charge in [-0.3, -0.25) is 9.59 Å². The summed E-state index contributed by atoms with van der Waals surface area (Å²) >= 11 is 1.43. The number of nitrogens with one attached hydrogen (secondary N) is 1. The van der Waals surface area contributed by atoms with Crippen LogP contribution in [0.4, 0.5) is 0 Å². The molecule has 0 radical (unpaired) electrons. The van der Waals surface area contributed by atoms with Crippen LogP contribution in [0.15, 0.2) is 46.9 Å². The van der Waals surface area contributed by atoms with Crippen LogP contribution < -0.4 is 14.9 Å². The number of rotatable bonds is 9. The van der Waals surface area contributed by atoms with Gasteiger partial charge in [-0.05, 0) is 35.7 Å². The molecule has 0 saturated carbocycles. The molecule has 0 aliphatic rings. The van der Waals surface area contributed by atoms with Crippen molar-refractivity contribution in [3.8, 4) is 11.5 Å². The largest absolute Gasteiger partial charge is 0.497 e. The number of carboxylic acids is 1. The van der Waals surface area contributed by atoms with E-state index in [1.165, 1.54) is 11.3 Å². The third-order valence-corrected chi connectivity index (χ3v) is 4.05. The first-order valence-corrected chi connectivity index (χ1v) is 8.34. The van der Waals surface area contributed by atoms with Gasteiger partial charge in [0.05, 0.1) is 24.1 Å². The third-order valence-electron chi connectivity index (χ3n) is 3.13. The van der Waals surface area contributed by atoms with Gasteiger partial charge in [0.2, 0.25) is 0 Å². The van der Waals surface area contributed by atoms with Crippen LogP contribution in [-0.2, 0) is 9.59 Å². The van der Waals surface area contributed by atoms with Gasteiger partial charge in [0.25, 0.3) is 5.91 Å². The molecule has 1 aromatic heterocycles. The van der Waals surface area contributed by atoms with Crippen LogP contribution in [0.3, 0.4) is 0 Å². The Morgan fingerprint density at radius 3 is 2.48 bits per heavy atom. The van der Waals surface area contributed by atoms with E-state index < -0.39 is 11.9 Å². The molecule has 0 bridgehead atoms. The second-order valence-electron chi connectivity index (χ2n) is 4.93. The molecule has 25 heavy (non-hydrogen) atoms. The van der Waals surface area contributed by atoms with E-state index in [1.54, 1.807) is 31.4 Å². The summed E-state index contributed by atoms with van der Waals surface area (Å²) in [4.78, 5) is 23.4. The van der Waals surface area contributed by atoms with Gasteiger partial charge in [-0.15, -0.1) is 11.3 Å². The summed E-state index contributed by atoms with van der Waals surface area (Å²) < 4.78 is 10.4. The van der Waals surface area contributed by atoms with Gasteiger partial charge in [-0.25, -0.2) is 5.43 Å². The van der Waals surface area contributed by atoms with Crippen molar-refractivity contribution in [1.82, 2.24) is 5.43 Å². The molecule has 132 valence electrons. The van der Waals surface area contributed by atoms with Gasteiger partial charge in [0.1, 0.15) is 11.5 Å². The van der Waals surface area contributed by atoms with Crippen molar-refractivity contribution in [1.29, 1.82) is 0 Å². The van der Waals surface area contributed by atoms with Crippen LogP contribution in [0.1, 0.15) is 17.7 Å². The van der Waals surface area contributed by atoms with E-state index in [2.05, 4.69) is 10.5 Å². The summed E-state index contributed by atoms with van der Waals surface area (Å²) in [5, 5.41) is 14.7. The Balaban J connectivity index is 1.89. The molecule has 1 heterocycles. The van der Waals surface area contributed by atoms with Gasteiger partial charge >= 0.3 is 5.97 Å².